The van der Waals surface area contributed by atoms with Gasteiger partial charge in [-0.1, -0.05) is 40.2 Å². The Labute approximate surface area is 195 Å². The standard InChI is InChI=1S/C20H22BrFN6.HI/c1-23-20(24-11-5-6-15-9-10-16(21)12-18(15)22)25-13-19-27-26-14-28(19)17-7-3-2-4-8-17;/h2-4,7-10,12,14H,5-6,11,13H2,1H3,(H2,23,24,25);1H. The number of aryl methyl sites for hydroxylation is 1. The summed E-state index contributed by atoms with van der Waals surface area (Å²) < 4.78 is 16.5. The second-order valence-corrected chi connectivity index (χ2v) is 7.06. The van der Waals surface area contributed by atoms with E-state index in [-0.39, 0.29) is 29.8 Å². The Morgan fingerprint density at radius 3 is 2.69 bits per heavy atom. The summed E-state index contributed by atoms with van der Waals surface area (Å²) in [6.07, 6.45) is 3.14. The highest BCUT2D eigenvalue weighted by molar-refractivity contribution is 14.0. The maximum atomic E-state index is 13.9. The molecule has 0 saturated heterocycles. The van der Waals surface area contributed by atoms with E-state index in [1.807, 2.05) is 47.0 Å². The summed E-state index contributed by atoms with van der Waals surface area (Å²) in [4.78, 5) is 4.22. The molecule has 0 aliphatic rings. The third-order valence-corrected chi connectivity index (χ3v) is 4.71. The van der Waals surface area contributed by atoms with E-state index < -0.39 is 0 Å². The van der Waals surface area contributed by atoms with Crippen molar-refractivity contribution in [3.05, 3.63) is 76.5 Å². The molecular weight excluding hydrogens is 550 g/mol. The van der Waals surface area contributed by atoms with Crippen LogP contribution in [0.4, 0.5) is 4.39 Å². The van der Waals surface area contributed by atoms with Gasteiger partial charge in [0.15, 0.2) is 11.8 Å². The quantitative estimate of drug-likeness (QED) is 0.194. The Morgan fingerprint density at radius 1 is 1.17 bits per heavy atom. The molecule has 0 aliphatic heterocycles. The van der Waals surface area contributed by atoms with Crippen LogP contribution in [0.2, 0.25) is 0 Å². The molecule has 0 radical (unpaired) electrons. The molecule has 0 fully saturated rings. The first kappa shape index (κ1) is 23.3. The van der Waals surface area contributed by atoms with Gasteiger partial charge in [0.2, 0.25) is 0 Å². The van der Waals surface area contributed by atoms with Crippen LogP contribution < -0.4 is 10.6 Å². The maximum Gasteiger partial charge on any atom is 0.191 e. The Kier molecular flexibility index (Phi) is 9.52. The fraction of sp³-hybridized carbons (Fsp3) is 0.250. The maximum absolute atomic E-state index is 13.9. The number of guanidine groups is 1. The largest absolute Gasteiger partial charge is 0.356 e. The monoisotopic (exact) mass is 572 g/mol. The van der Waals surface area contributed by atoms with Crippen LogP contribution in [-0.2, 0) is 13.0 Å². The lowest BCUT2D eigenvalue weighted by molar-refractivity contribution is 0.601. The van der Waals surface area contributed by atoms with E-state index in [1.165, 1.54) is 6.07 Å². The number of hydrogen-bond donors (Lipinski definition) is 2. The molecule has 154 valence electrons. The van der Waals surface area contributed by atoms with Gasteiger partial charge in [0.05, 0.1) is 6.54 Å². The van der Waals surface area contributed by atoms with Crippen LogP contribution >= 0.6 is 39.9 Å². The smallest absolute Gasteiger partial charge is 0.191 e. The molecule has 3 aromatic rings. The Balaban J connectivity index is 0.00000300. The van der Waals surface area contributed by atoms with Crippen molar-refractivity contribution in [1.29, 1.82) is 0 Å². The molecule has 6 nitrogen and oxygen atoms in total. The molecule has 0 bridgehead atoms. The Hall–Kier alpha value is -2.01. The molecule has 0 spiro atoms. The molecule has 9 heteroatoms. The number of halogens is 3. The zero-order chi connectivity index (χ0) is 19.8. The SMILES string of the molecule is CN=C(NCCCc1ccc(Br)cc1F)NCc1nncn1-c1ccccc1.I. The first-order valence-corrected chi connectivity index (χ1v) is 9.79. The average Bonchev–Trinajstić information content (AvgIpc) is 3.18. The van der Waals surface area contributed by atoms with Crippen LogP contribution in [-0.4, -0.2) is 34.3 Å². The van der Waals surface area contributed by atoms with Gasteiger partial charge in [0, 0.05) is 23.8 Å². The van der Waals surface area contributed by atoms with Crippen molar-refractivity contribution in [2.75, 3.05) is 13.6 Å². The lowest BCUT2D eigenvalue weighted by atomic mass is 10.1. The van der Waals surface area contributed by atoms with Crippen LogP contribution in [0.1, 0.15) is 17.8 Å². The number of aliphatic imine (C=N–C) groups is 1. The summed E-state index contributed by atoms with van der Waals surface area (Å²) in [5.41, 5.74) is 1.72. The van der Waals surface area contributed by atoms with Crippen LogP contribution in [0.5, 0.6) is 0 Å². The van der Waals surface area contributed by atoms with Gasteiger partial charge in [0.1, 0.15) is 12.1 Å². The minimum Gasteiger partial charge on any atom is -0.356 e. The number of nitrogens with one attached hydrogen (secondary N) is 2. The lowest BCUT2D eigenvalue weighted by Gasteiger charge is -2.12. The zero-order valence-corrected chi connectivity index (χ0v) is 19.9. The third-order valence-electron chi connectivity index (χ3n) is 4.22. The molecule has 1 heterocycles. The van der Waals surface area contributed by atoms with Gasteiger partial charge in [-0.2, -0.15) is 0 Å². The van der Waals surface area contributed by atoms with Crippen LogP contribution in [0.3, 0.4) is 0 Å². The third kappa shape index (κ3) is 6.77. The van der Waals surface area contributed by atoms with E-state index in [4.69, 9.17) is 0 Å². The van der Waals surface area contributed by atoms with Gasteiger partial charge in [-0.25, -0.2) is 4.39 Å². The summed E-state index contributed by atoms with van der Waals surface area (Å²) in [6.45, 7) is 1.16. The van der Waals surface area contributed by atoms with Gasteiger partial charge in [-0.15, -0.1) is 34.2 Å². The molecule has 2 aromatic carbocycles. The van der Waals surface area contributed by atoms with Crippen molar-refractivity contribution in [3.63, 3.8) is 0 Å². The Morgan fingerprint density at radius 2 is 1.97 bits per heavy atom. The van der Waals surface area contributed by atoms with Gasteiger partial charge in [0.25, 0.3) is 0 Å². The predicted molar refractivity (Wildman–Crippen MR) is 127 cm³/mol. The van der Waals surface area contributed by atoms with Crippen molar-refractivity contribution in [2.45, 2.75) is 19.4 Å². The second kappa shape index (κ2) is 11.9. The molecular formula is C20H23BrFIN6. The highest BCUT2D eigenvalue weighted by Crippen LogP contribution is 2.16. The molecule has 0 aliphatic carbocycles. The lowest BCUT2D eigenvalue weighted by Crippen LogP contribution is -2.38. The van der Waals surface area contributed by atoms with E-state index in [0.717, 1.165) is 22.4 Å². The summed E-state index contributed by atoms with van der Waals surface area (Å²) in [6, 6.07) is 15.1. The fourth-order valence-electron chi connectivity index (χ4n) is 2.78. The van der Waals surface area contributed by atoms with Crippen molar-refractivity contribution >= 4 is 45.9 Å². The number of rotatable bonds is 7. The molecule has 0 atom stereocenters. The highest BCUT2D eigenvalue weighted by Gasteiger charge is 2.07. The topological polar surface area (TPSA) is 67.1 Å². The molecule has 29 heavy (non-hydrogen) atoms. The summed E-state index contributed by atoms with van der Waals surface area (Å²) >= 11 is 3.27. The van der Waals surface area contributed by atoms with Crippen molar-refractivity contribution in [1.82, 2.24) is 25.4 Å². The average molecular weight is 573 g/mol. The van der Waals surface area contributed by atoms with E-state index in [9.17, 15) is 4.39 Å². The minimum atomic E-state index is -0.183. The molecule has 0 saturated carbocycles. The second-order valence-electron chi connectivity index (χ2n) is 6.14. The normalized spacial score (nSPS) is 11.1. The molecule has 0 amide bonds. The van der Waals surface area contributed by atoms with Crippen molar-refractivity contribution in [2.24, 2.45) is 4.99 Å². The molecule has 2 N–H and O–H groups in total. The van der Waals surface area contributed by atoms with Crippen LogP contribution in [0.15, 0.2) is 64.3 Å². The minimum absolute atomic E-state index is 0. The number of nitrogens with zero attached hydrogens (tertiary/aromatic N) is 4. The molecule has 3 rings (SSSR count). The van der Waals surface area contributed by atoms with Gasteiger partial charge in [-0.3, -0.25) is 9.56 Å². The number of para-hydroxylation sites is 1. The number of benzene rings is 2. The predicted octanol–water partition coefficient (Wildman–Crippen LogP) is 4.08. The Bertz CT molecular complexity index is 932. The first-order chi connectivity index (χ1) is 13.7. The van der Waals surface area contributed by atoms with Crippen LogP contribution in [0.25, 0.3) is 5.69 Å². The number of hydrogen-bond acceptors (Lipinski definition) is 3. The highest BCUT2D eigenvalue weighted by atomic mass is 127. The van der Waals surface area contributed by atoms with E-state index in [0.29, 0.717) is 31.0 Å². The fourth-order valence-corrected chi connectivity index (χ4v) is 3.11. The molecule has 0 unspecified atom stereocenters. The molecule has 1 aromatic heterocycles. The van der Waals surface area contributed by atoms with E-state index in [1.54, 1.807) is 13.4 Å². The first-order valence-electron chi connectivity index (χ1n) is 9.00. The van der Waals surface area contributed by atoms with Gasteiger partial charge < -0.3 is 10.6 Å². The van der Waals surface area contributed by atoms with Gasteiger partial charge in [-0.05, 0) is 42.7 Å². The van der Waals surface area contributed by atoms with Crippen molar-refractivity contribution in [3.8, 4) is 5.69 Å². The van der Waals surface area contributed by atoms with Crippen LogP contribution in [0, 0.1) is 5.82 Å². The zero-order valence-electron chi connectivity index (χ0n) is 16.0. The summed E-state index contributed by atoms with van der Waals surface area (Å²) in [7, 11) is 1.71. The van der Waals surface area contributed by atoms with E-state index >= 15 is 0 Å². The van der Waals surface area contributed by atoms with E-state index in [2.05, 4.69) is 41.8 Å². The summed E-state index contributed by atoms with van der Waals surface area (Å²) in [5.74, 6) is 1.27. The number of aromatic nitrogens is 3. The van der Waals surface area contributed by atoms with Gasteiger partial charge >= 0.3 is 0 Å². The van der Waals surface area contributed by atoms with Crippen molar-refractivity contribution < 1.29 is 4.39 Å². The summed E-state index contributed by atoms with van der Waals surface area (Å²) in [5, 5.41) is 14.7.